The van der Waals surface area contributed by atoms with Gasteiger partial charge in [-0.15, -0.1) is 10.2 Å². The zero-order chi connectivity index (χ0) is 23.8. The van der Waals surface area contributed by atoms with Gasteiger partial charge in [0.25, 0.3) is 11.8 Å². The number of nitrogens with one attached hydrogen (secondary N) is 1. The molecular formula is C23H24N4O6. The zero-order valence-electron chi connectivity index (χ0n) is 18.3. The molecule has 0 aliphatic rings. The summed E-state index contributed by atoms with van der Waals surface area (Å²) in [5.41, 5.74) is 1.46. The van der Waals surface area contributed by atoms with E-state index in [2.05, 4.69) is 15.5 Å². The Kier molecular flexibility index (Phi) is 7.74. The summed E-state index contributed by atoms with van der Waals surface area (Å²) in [5, 5.41) is 20.9. The van der Waals surface area contributed by atoms with Crippen molar-refractivity contribution in [3.05, 3.63) is 54.1 Å². The largest absolute Gasteiger partial charge is 0.493 e. The molecule has 0 unspecified atom stereocenters. The summed E-state index contributed by atoms with van der Waals surface area (Å²) in [4.78, 5) is 35.9. The van der Waals surface area contributed by atoms with E-state index >= 15 is 0 Å². The summed E-state index contributed by atoms with van der Waals surface area (Å²) >= 11 is 0. The fraction of sp³-hybridized carbons (Fsp3) is 0.261. The van der Waals surface area contributed by atoms with Crippen molar-refractivity contribution in [3.8, 4) is 11.6 Å². The molecule has 0 aliphatic carbocycles. The van der Waals surface area contributed by atoms with Crippen LogP contribution in [0.15, 0.2) is 58.8 Å². The molecule has 33 heavy (non-hydrogen) atoms. The van der Waals surface area contributed by atoms with Crippen molar-refractivity contribution in [1.82, 2.24) is 9.88 Å². The van der Waals surface area contributed by atoms with Crippen LogP contribution in [-0.4, -0.2) is 47.2 Å². The number of aromatic hydroxyl groups is 1. The standard InChI is InChI=1S/C23H24N4O6/c1-3-32-21(30)13-27-17-10-6-5-9-16(17)22(23(27)31)26-25-19(28)12-24-20(29)14-33-18-11-7-4-8-15(18)2/h4-11,31H,3,12-14H2,1-2H3,(H,24,29). The first kappa shape index (κ1) is 23.5. The van der Waals surface area contributed by atoms with Gasteiger partial charge in [0.05, 0.1) is 12.1 Å². The van der Waals surface area contributed by atoms with E-state index in [4.69, 9.17) is 9.47 Å². The number of ether oxygens (including phenoxy) is 2. The minimum absolute atomic E-state index is 0.0393. The summed E-state index contributed by atoms with van der Waals surface area (Å²) in [6.07, 6.45) is 0. The van der Waals surface area contributed by atoms with Crippen LogP contribution in [0.2, 0.25) is 0 Å². The number of para-hydroxylation sites is 2. The van der Waals surface area contributed by atoms with Crippen molar-refractivity contribution in [3.63, 3.8) is 0 Å². The van der Waals surface area contributed by atoms with Gasteiger partial charge in [0.15, 0.2) is 12.3 Å². The fourth-order valence-electron chi connectivity index (χ4n) is 3.09. The van der Waals surface area contributed by atoms with Crippen LogP contribution in [0.1, 0.15) is 12.5 Å². The van der Waals surface area contributed by atoms with Crippen LogP contribution in [0.4, 0.5) is 5.69 Å². The Morgan fingerprint density at radius 3 is 2.58 bits per heavy atom. The lowest BCUT2D eigenvalue weighted by molar-refractivity contribution is -0.143. The average Bonchev–Trinajstić information content (AvgIpc) is 3.06. The predicted molar refractivity (Wildman–Crippen MR) is 119 cm³/mol. The summed E-state index contributed by atoms with van der Waals surface area (Å²) in [6, 6.07) is 14.1. The molecule has 2 N–H and O–H groups in total. The van der Waals surface area contributed by atoms with Gasteiger partial charge in [-0.25, -0.2) is 0 Å². The quantitative estimate of drug-likeness (QED) is 0.379. The molecule has 3 rings (SSSR count). The highest BCUT2D eigenvalue weighted by atomic mass is 16.5. The number of amides is 2. The maximum Gasteiger partial charge on any atom is 0.326 e. The SMILES string of the molecule is CCOC(=O)Cn1c(O)c(N=NC(=O)CNC(=O)COc2ccccc2C)c2ccccc21. The molecule has 172 valence electrons. The molecule has 0 atom stereocenters. The van der Waals surface area contributed by atoms with E-state index in [9.17, 15) is 19.5 Å². The highest BCUT2D eigenvalue weighted by molar-refractivity contribution is 5.96. The van der Waals surface area contributed by atoms with Crippen LogP contribution < -0.4 is 10.1 Å². The summed E-state index contributed by atoms with van der Waals surface area (Å²) in [5.74, 6) is -1.48. The Balaban J connectivity index is 1.63. The molecule has 0 fully saturated rings. The van der Waals surface area contributed by atoms with Crippen LogP contribution in [0.25, 0.3) is 10.9 Å². The molecule has 2 amide bonds. The maximum atomic E-state index is 12.1. The van der Waals surface area contributed by atoms with Crippen LogP contribution in [0.5, 0.6) is 11.6 Å². The van der Waals surface area contributed by atoms with Crippen LogP contribution in [-0.2, 0) is 25.7 Å². The lowest BCUT2D eigenvalue weighted by atomic mass is 10.2. The Labute approximate surface area is 189 Å². The molecule has 2 aromatic carbocycles. The number of azo groups is 1. The van der Waals surface area contributed by atoms with Crippen LogP contribution in [0, 0.1) is 6.92 Å². The highest BCUT2D eigenvalue weighted by Crippen LogP contribution is 2.38. The monoisotopic (exact) mass is 452 g/mol. The second-order valence-electron chi connectivity index (χ2n) is 7.01. The smallest absolute Gasteiger partial charge is 0.326 e. The van der Waals surface area contributed by atoms with E-state index in [1.54, 1.807) is 43.3 Å². The van der Waals surface area contributed by atoms with Gasteiger partial charge in [0, 0.05) is 5.39 Å². The number of fused-ring (bicyclic) bond motifs is 1. The average molecular weight is 452 g/mol. The molecule has 0 radical (unpaired) electrons. The molecule has 0 saturated carbocycles. The number of aryl methyl sites for hydroxylation is 1. The van der Waals surface area contributed by atoms with Gasteiger partial charge in [-0.3, -0.25) is 19.0 Å². The van der Waals surface area contributed by atoms with Crippen LogP contribution in [0.3, 0.4) is 0 Å². The van der Waals surface area contributed by atoms with Gasteiger partial charge < -0.3 is 19.9 Å². The first-order valence-corrected chi connectivity index (χ1v) is 10.3. The molecule has 1 heterocycles. The highest BCUT2D eigenvalue weighted by Gasteiger charge is 2.19. The first-order valence-electron chi connectivity index (χ1n) is 10.3. The normalized spacial score (nSPS) is 11.0. The van der Waals surface area contributed by atoms with E-state index in [1.807, 2.05) is 19.1 Å². The number of hydrogen-bond donors (Lipinski definition) is 2. The van der Waals surface area contributed by atoms with Crippen molar-refractivity contribution in [2.75, 3.05) is 19.8 Å². The summed E-state index contributed by atoms with van der Waals surface area (Å²) in [6.45, 7) is 2.89. The Hall–Kier alpha value is -4.21. The summed E-state index contributed by atoms with van der Waals surface area (Å²) in [7, 11) is 0. The number of aromatic nitrogens is 1. The van der Waals surface area contributed by atoms with Gasteiger partial charge >= 0.3 is 5.97 Å². The van der Waals surface area contributed by atoms with Crippen molar-refractivity contribution < 1.29 is 29.0 Å². The lowest BCUT2D eigenvalue weighted by Gasteiger charge is -2.08. The van der Waals surface area contributed by atoms with Gasteiger partial charge in [-0.05, 0) is 31.5 Å². The van der Waals surface area contributed by atoms with Gasteiger partial charge in [-0.1, -0.05) is 36.4 Å². The third kappa shape index (κ3) is 5.94. The van der Waals surface area contributed by atoms with E-state index in [0.29, 0.717) is 16.7 Å². The van der Waals surface area contributed by atoms with Gasteiger partial charge in [0.1, 0.15) is 18.8 Å². The molecule has 10 heteroatoms. The Morgan fingerprint density at radius 2 is 1.82 bits per heavy atom. The van der Waals surface area contributed by atoms with Gasteiger partial charge in [0.2, 0.25) is 5.88 Å². The number of carbonyl (C=O) groups is 3. The number of nitrogens with zero attached hydrogens (tertiary/aromatic N) is 3. The Morgan fingerprint density at radius 1 is 1.09 bits per heavy atom. The van der Waals surface area contributed by atoms with Crippen molar-refractivity contribution in [1.29, 1.82) is 0 Å². The van der Waals surface area contributed by atoms with Crippen molar-refractivity contribution in [2.45, 2.75) is 20.4 Å². The first-order chi connectivity index (χ1) is 15.9. The minimum Gasteiger partial charge on any atom is -0.493 e. The molecule has 3 aromatic rings. The second kappa shape index (κ2) is 10.9. The topological polar surface area (TPSA) is 132 Å². The van der Waals surface area contributed by atoms with Crippen LogP contribution >= 0.6 is 0 Å². The summed E-state index contributed by atoms with van der Waals surface area (Å²) < 4.78 is 11.7. The third-order valence-corrected chi connectivity index (χ3v) is 4.66. The number of benzene rings is 2. The maximum absolute atomic E-state index is 12.1. The number of esters is 1. The van der Waals surface area contributed by atoms with E-state index in [-0.39, 0.29) is 37.9 Å². The molecule has 0 spiro atoms. The zero-order valence-corrected chi connectivity index (χ0v) is 18.3. The minimum atomic E-state index is -0.721. The second-order valence-corrected chi connectivity index (χ2v) is 7.01. The van der Waals surface area contributed by atoms with E-state index in [0.717, 1.165) is 5.56 Å². The molecule has 10 nitrogen and oxygen atoms in total. The number of hydrogen-bond acceptors (Lipinski definition) is 7. The molecule has 1 aromatic heterocycles. The number of rotatable bonds is 9. The molecular weight excluding hydrogens is 428 g/mol. The molecule has 0 aliphatic heterocycles. The molecule has 0 bridgehead atoms. The Bertz CT molecular complexity index is 1200. The fourth-order valence-corrected chi connectivity index (χ4v) is 3.09. The van der Waals surface area contributed by atoms with Gasteiger partial charge in [-0.2, -0.15) is 0 Å². The van der Waals surface area contributed by atoms with E-state index in [1.165, 1.54) is 4.57 Å². The van der Waals surface area contributed by atoms with Crippen molar-refractivity contribution in [2.24, 2.45) is 10.2 Å². The number of carbonyl (C=O) groups excluding carboxylic acids is 3. The third-order valence-electron chi connectivity index (χ3n) is 4.66. The van der Waals surface area contributed by atoms with E-state index < -0.39 is 17.8 Å². The van der Waals surface area contributed by atoms with Crippen molar-refractivity contribution >= 4 is 34.4 Å². The predicted octanol–water partition coefficient (Wildman–Crippen LogP) is 3.02. The lowest BCUT2D eigenvalue weighted by Crippen LogP contribution is -2.32. The molecule has 0 saturated heterocycles.